The van der Waals surface area contributed by atoms with E-state index in [9.17, 15) is 4.79 Å². The molecule has 0 aliphatic heterocycles. The van der Waals surface area contributed by atoms with Crippen molar-refractivity contribution in [1.82, 2.24) is 5.32 Å². The predicted octanol–water partition coefficient (Wildman–Crippen LogP) is 0.445. The summed E-state index contributed by atoms with van der Waals surface area (Å²) in [7, 11) is 0. The molecule has 1 amide bonds. The van der Waals surface area contributed by atoms with Crippen LogP contribution < -0.4 is 11.1 Å². The third-order valence-electron chi connectivity index (χ3n) is 1.14. The fraction of sp³-hybridized carbons (Fsp3) is 0.714. The standard InChI is InChI=1S/C7H15N3O2/c1-4(2)12-7(11)10-5(3)6(8)9/h4-5H,1-3H3,(H3,8,9)(H,10,11). The molecular weight excluding hydrogens is 158 g/mol. The number of amidine groups is 1. The molecule has 0 aliphatic carbocycles. The number of carbonyl (C=O) groups excluding carboxylic acids is 1. The zero-order valence-electron chi connectivity index (χ0n) is 7.55. The molecule has 0 bridgehead atoms. The van der Waals surface area contributed by atoms with Crippen LogP contribution in [0.4, 0.5) is 4.79 Å². The van der Waals surface area contributed by atoms with E-state index in [0.29, 0.717) is 0 Å². The molecule has 0 aliphatic rings. The third kappa shape index (κ3) is 4.54. The van der Waals surface area contributed by atoms with Crippen LogP contribution in [0.25, 0.3) is 0 Å². The van der Waals surface area contributed by atoms with Gasteiger partial charge in [0.05, 0.1) is 12.1 Å². The number of nitrogens with one attached hydrogen (secondary N) is 2. The Kier molecular flexibility index (Phi) is 4.10. The lowest BCUT2D eigenvalue weighted by Gasteiger charge is -2.13. The van der Waals surface area contributed by atoms with Crippen LogP contribution in [-0.2, 0) is 4.74 Å². The van der Waals surface area contributed by atoms with E-state index in [4.69, 9.17) is 15.9 Å². The Morgan fingerprint density at radius 2 is 2.00 bits per heavy atom. The van der Waals surface area contributed by atoms with E-state index >= 15 is 0 Å². The monoisotopic (exact) mass is 173 g/mol. The summed E-state index contributed by atoms with van der Waals surface area (Å²) in [4.78, 5) is 10.9. The Morgan fingerprint density at radius 3 is 2.33 bits per heavy atom. The maximum Gasteiger partial charge on any atom is 0.407 e. The second-order valence-electron chi connectivity index (χ2n) is 2.78. The van der Waals surface area contributed by atoms with Crippen LogP contribution in [0, 0.1) is 5.41 Å². The lowest BCUT2D eigenvalue weighted by molar-refractivity contribution is 0.114. The summed E-state index contributed by atoms with van der Waals surface area (Å²) in [6, 6.07) is -0.476. The number of carbonyl (C=O) groups is 1. The molecule has 0 aromatic rings. The minimum Gasteiger partial charge on any atom is -0.447 e. The van der Waals surface area contributed by atoms with Gasteiger partial charge in [0, 0.05) is 0 Å². The number of ether oxygens (including phenoxy) is 1. The number of alkyl carbamates (subject to hydrolysis) is 1. The Bertz CT molecular complexity index is 179. The van der Waals surface area contributed by atoms with Crippen molar-refractivity contribution in [2.24, 2.45) is 5.73 Å². The van der Waals surface area contributed by atoms with Gasteiger partial charge in [0.1, 0.15) is 5.84 Å². The molecule has 0 fully saturated rings. The molecule has 4 N–H and O–H groups in total. The van der Waals surface area contributed by atoms with Crippen molar-refractivity contribution in [2.45, 2.75) is 32.9 Å². The summed E-state index contributed by atoms with van der Waals surface area (Å²) in [5.74, 6) is -0.0873. The molecule has 70 valence electrons. The topological polar surface area (TPSA) is 88.2 Å². The molecular formula is C7H15N3O2. The van der Waals surface area contributed by atoms with Crippen molar-refractivity contribution in [3.63, 3.8) is 0 Å². The summed E-state index contributed by atoms with van der Waals surface area (Å²) < 4.78 is 4.77. The van der Waals surface area contributed by atoms with E-state index in [1.54, 1.807) is 20.8 Å². The number of rotatable bonds is 3. The van der Waals surface area contributed by atoms with Crippen molar-refractivity contribution in [3.8, 4) is 0 Å². The van der Waals surface area contributed by atoms with E-state index in [1.165, 1.54) is 0 Å². The molecule has 1 atom stereocenters. The molecule has 0 heterocycles. The molecule has 0 radical (unpaired) electrons. The van der Waals surface area contributed by atoms with Crippen molar-refractivity contribution in [2.75, 3.05) is 0 Å². The third-order valence-corrected chi connectivity index (χ3v) is 1.14. The van der Waals surface area contributed by atoms with Crippen LogP contribution in [0.2, 0.25) is 0 Å². The minimum atomic E-state index is -0.548. The van der Waals surface area contributed by atoms with E-state index in [0.717, 1.165) is 0 Å². The van der Waals surface area contributed by atoms with Gasteiger partial charge in [-0.25, -0.2) is 4.79 Å². The second-order valence-corrected chi connectivity index (χ2v) is 2.78. The van der Waals surface area contributed by atoms with E-state index in [1.807, 2.05) is 0 Å². The average molecular weight is 173 g/mol. The second kappa shape index (κ2) is 4.58. The Hall–Kier alpha value is -1.26. The van der Waals surface area contributed by atoms with Crippen molar-refractivity contribution < 1.29 is 9.53 Å². The first-order chi connectivity index (χ1) is 5.43. The Balaban J connectivity index is 3.77. The summed E-state index contributed by atoms with van der Waals surface area (Å²) in [5, 5.41) is 9.38. The van der Waals surface area contributed by atoms with Gasteiger partial charge in [-0.1, -0.05) is 0 Å². The number of nitrogens with two attached hydrogens (primary N) is 1. The molecule has 5 heteroatoms. The van der Waals surface area contributed by atoms with Crippen LogP contribution in [0.5, 0.6) is 0 Å². The van der Waals surface area contributed by atoms with Gasteiger partial charge in [0.2, 0.25) is 0 Å². The molecule has 5 nitrogen and oxygen atoms in total. The maximum atomic E-state index is 10.9. The predicted molar refractivity (Wildman–Crippen MR) is 46.1 cm³/mol. The summed E-state index contributed by atoms with van der Waals surface area (Å²) in [5.41, 5.74) is 5.13. The Labute approximate surface area is 71.8 Å². The number of hydrogen-bond acceptors (Lipinski definition) is 3. The van der Waals surface area contributed by atoms with Gasteiger partial charge in [0.25, 0.3) is 0 Å². The SMILES string of the molecule is CC(C)OC(=O)NC(C)C(=N)N. The number of hydrogen-bond donors (Lipinski definition) is 3. The van der Waals surface area contributed by atoms with Crippen LogP contribution in [0.1, 0.15) is 20.8 Å². The lowest BCUT2D eigenvalue weighted by Crippen LogP contribution is -2.42. The minimum absolute atomic E-state index is 0.0873. The number of amides is 1. The normalized spacial score (nSPS) is 12.3. The molecule has 12 heavy (non-hydrogen) atoms. The summed E-state index contributed by atoms with van der Waals surface area (Å²) >= 11 is 0. The highest BCUT2D eigenvalue weighted by Gasteiger charge is 2.10. The van der Waals surface area contributed by atoms with E-state index in [2.05, 4.69) is 5.32 Å². The molecule has 1 unspecified atom stereocenters. The molecule has 0 spiro atoms. The first-order valence-electron chi connectivity index (χ1n) is 3.74. The quantitative estimate of drug-likeness (QED) is 0.427. The van der Waals surface area contributed by atoms with Gasteiger partial charge < -0.3 is 15.8 Å². The van der Waals surface area contributed by atoms with Crippen LogP contribution >= 0.6 is 0 Å². The fourth-order valence-corrected chi connectivity index (χ4v) is 0.503. The van der Waals surface area contributed by atoms with E-state index in [-0.39, 0.29) is 11.9 Å². The van der Waals surface area contributed by atoms with Gasteiger partial charge in [-0.05, 0) is 20.8 Å². The summed E-state index contributed by atoms with van der Waals surface area (Å²) in [6.07, 6.45) is -0.711. The average Bonchev–Trinajstić information content (AvgIpc) is 1.84. The van der Waals surface area contributed by atoms with Gasteiger partial charge >= 0.3 is 6.09 Å². The maximum absolute atomic E-state index is 10.9. The zero-order valence-corrected chi connectivity index (χ0v) is 7.55. The smallest absolute Gasteiger partial charge is 0.407 e. The molecule has 0 rings (SSSR count). The van der Waals surface area contributed by atoms with E-state index < -0.39 is 12.1 Å². The highest BCUT2D eigenvalue weighted by Crippen LogP contribution is 1.89. The molecule has 0 saturated carbocycles. The Morgan fingerprint density at radius 1 is 1.50 bits per heavy atom. The van der Waals surface area contributed by atoms with Crippen molar-refractivity contribution in [1.29, 1.82) is 5.41 Å². The highest BCUT2D eigenvalue weighted by molar-refractivity contribution is 5.85. The van der Waals surface area contributed by atoms with Gasteiger partial charge in [-0.2, -0.15) is 0 Å². The van der Waals surface area contributed by atoms with Gasteiger partial charge in [-0.3, -0.25) is 5.41 Å². The first kappa shape index (κ1) is 10.7. The van der Waals surface area contributed by atoms with Crippen LogP contribution in [0.15, 0.2) is 0 Å². The fourth-order valence-electron chi connectivity index (χ4n) is 0.503. The largest absolute Gasteiger partial charge is 0.447 e. The molecule has 0 aromatic carbocycles. The summed E-state index contributed by atoms with van der Waals surface area (Å²) in [6.45, 7) is 5.11. The lowest BCUT2D eigenvalue weighted by atomic mass is 10.3. The highest BCUT2D eigenvalue weighted by atomic mass is 16.6. The first-order valence-corrected chi connectivity index (χ1v) is 3.74. The van der Waals surface area contributed by atoms with Crippen molar-refractivity contribution >= 4 is 11.9 Å². The van der Waals surface area contributed by atoms with Gasteiger partial charge in [-0.15, -0.1) is 0 Å². The molecule has 0 saturated heterocycles. The zero-order chi connectivity index (χ0) is 9.72. The van der Waals surface area contributed by atoms with Crippen molar-refractivity contribution in [3.05, 3.63) is 0 Å². The molecule has 0 aromatic heterocycles. The van der Waals surface area contributed by atoms with Crippen LogP contribution in [-0.4, -0.2) is 24.1 Å². The van der Waals surface area contributed by atoms with Gasteiger partial charge in [0.15, 0.2) is 0 Å². The van der Waals surface area contributed by atoms with Crippen LogP contribution in [0.3, 0.4) is 0 Å².